The minimum absolute atomic E-state index is 0. The summed E-state index contributed by atoms with van der Waals surface area (Å²) < 4.78 is 0. The average Bonchev–Trinajstić information content (AvgIpc) is 2.63. The molecule has 0 aliphatic carbocycles. The van der Waals surface area contributed by atoms with Crippen LogP contribution in [0.5, 0.6) is 0 Å². The van der Waals surface area contributed by atoms with Gasteiger partial charge in [-0.3, -0.25) is 9.59 Å². The highest BCUT2D eigenvalue weighted by molar-refractivity contribution is 5.97. The molecule has 0 saturated carbocycles. The number of carbonyl (C=O) groups is 2. The van der Waals surface area contributed by atoms with E-state index in [0.717, 1.165) is 30.6 Å². The molecule has 5 nitrogen and oxygen atoms in total. The highest BCUT2D eigenvalue weighted by Crippen LogP contribution is 2.24. The molecule has 0 aromatic heterocycles. The summed E-state index contributed by atoms with van der Waals surface area (Å²) in [5.41, 5.74) is 8.52. The van der Waals surface area contributed by atoms with Gasteiger partial charge in [-0.15, -0.1) is 12.4 Å². The van der Waals surface area contributed by atoms with Gasteiger partial charge in [-0.2, -0.15) is 0 Å². The number of nitrogens with two attached hydrogens (primary N) is 1. The fraction of sp³-hybridized carbons (Fsp3) is 0.300. The van der Waals surface area contributed by atoms with Gasteiger partial charge >= 0.3 is 0 Å². The standard InChI is InChI=1S/C20H23N3O2.ClH/c21-18(13-15-7-2-1-3-8-15)20(25)22-16-9-6-10-17(14-16)23-12-5-4-11-19(23)24;/h1-3,6-10,14,18H,4-5,11-13,21H2,(H,22,25);1H. The van der Waals surface area contributed by atoms with E-state index in [2.05, 4.69) is 5.32 Å². The van der Waals surface area contributed by atoms with Gasteiger partial charge in [0.2, 0.25) is 11.8 Å². The van der Waals surface area contributed by atoms with Gasteiger partial charge in [0.25, 0.3) is 0 Å². The first kappa shape index (κ1) is 19.9. The van der Waals surface area contributed by atoms with Crippen molar-refractivity contribution in [2.24, 2.45) is 5.73 Å². The number of carbonyl (C=O) groups excluding carboxylic acids is 2. The molecule has 26 heavy (non-hydrogen) atoms. The highest BCUT2D eigenvalue weighted by atomic mass is 35.5. The number of benzene rings is 2. The van der Waals surface area contributed by atoms with E-state index in [-0.39, 0.29) is 24.2 Å². The van der Waals surface area contributed by atoms with Crippen molar-refractivity contribution in [2.75, 3.05) is 16.8 Å². The smallest absolute Gasteiger partial charge is 0.241 e. The first-order chi connectivity index (χ1) is 12.1. The van der Waals surface area contributed by atoms with Crippen molar-refractivity contribution in [1.29, 1.82) is 0 Å². The second-order valence-corrected chi connectivity index (χ2v) is 6.34. The molecule has 0 spiro atoms. The number of hydrogen-bond acceptors (Lipinski definition) is 3. The number of nitrogens with zero attached hydrogens (tertiary/aromatic N) is 1. The van der Waals surface area contributed by atoms with Crippen molar-refractivity contribution >= 4 is 35.6 Å². The molecule has 2 aromatic rings. The van der Waals surface area contributed by atoms with Crippen LogP contribution in [0.15, 0.2) is 54.6 Å². The summed E-state index contributed by atoms with van der Waals surface area (Å²) in [7, 11) is 0. The maximum atomic E-state index is 12.4. The Bertz CT molecular complexity index is 752. The minimum atomic E-state index is -0.623. The lowest BCUT2D eigenvalue weighted by Crippen LogP contribution is -2.37. The Hall–Kier alpha value is -2.37. The van der Waals surface area contributed by atoms with Crippen LogP contribution in [0.1, 0.15) is 24.8 Å². The lowest BCUT2D eigenvalue weighted by atomic mass is 10.1. The Morgan fingerprint density at radius 3 is 2.62 bits per heavy atom. The monoisotopic (exact) mass is 373 g/mol. The number of hydrogen-bond donors (Lipinski definition) is 2. The Kier molecular flexibility index (Phi) is 7.18. The van der Waals surface area contributed by atoms with E-state index in [9.17, 15) is 9.59 Å². The number of halogens is 1. The molecule has 138 valence electrons. The van der Waals surface area contributed by atoms with Gasteiger partial charge in [0.1, 0.15) is 0 Å². The maximum Gasteiger partial charge on any atom is 0.241 e. The SMILES string of the molecule is Cl.NC(Cc1ccccc1)C(=O)Nc1cccc(N2CCCCC2=O)c1. The maximum absolute atomic E-state index is 12.4. The zero-order valence-electron chi connectivity index (χ0n) is 14.6. The number of amides is 2. The van der Waals surface area contributed by atoms with Gasteiger partial charge in [0, 0.05) is 24.3 Å². The summed E-state index contributed by atoms with van der Waals surface area (Å²) in [6, 6.07) is 16.5. The van der Waals surface area contributed by atoms with Gasteiger partial charge in [0.15, 0.2) is 0 Å². The van der Waals surface area contributed by atoms with Crippen molar-refractivity contribution in [3.63, 3.8) is 0 Å². The van der Waals surface area contributed by atoms with Crippen LogP contribution < -0.4 is 16.0 Å². The van der Waals surface area contributed by atoms with E-state index in [1.807, 2.05) is 54.6 Å². The molecule has 6 heteroatoms. The molecule has 1 unspecified atom stereocenters. The van der Waals surface area contributed by atoms with Gasteiger partial charge in [0.05, 0.1) is 6.04 Å². The lowest BCUT2D eigenvalue weighted by molar-refractivity contribution is -0.119. The van der Waals surface area contributed by atoms with Crippen LogP contribution in [0.3, 0.4) is 0 Å². The van der Waals surface area contributed by atoms with Crippen LogP contribution in [0.4, 0.5) is 11.4 Å². The molecule has 3 N–H and O–H groups in total. The molecular weight excluding hydrogens is 350 g/mol. The van der Waals surface area contributed by atoms with Crippen LogP contribution in [0.2, 0.25) is 0 Å². The van der Waals surface area contributed by atoms with Gasteiger partial charge in [-0.25, -0.2) is 0 Å². The fourth-order valence-electron chi connectivity index (χ4n) is 3.03. The van der Waals surface area contributed by atoms with Crippen molar-refractivity contribution in [3.05, 3.63) is 60.2 Å². The molecule has 3 rings (SSSR count). The first-order valence-electron chi connectivity index (χ1n) is 8.64. The molecule has 1 aliphatic rings. The number of rotatable bonds is 5. The molecule has 0 bridgehead atoms. The number of nitrogens with one attached hydrogen (secondary N) is 1. The summed E-state index contributed by atoms with van der Waals surface area (Å²) in [5, 5.41) is 2.85. The molecule has 1 saturated heterocycles. The van der Waals surface area contributed by atoms with Gasteiger partial charge in [-0.1, -0.05) is 36.4 Å². The Morgan fingerprint density at radius 2 is 1.88 bits per heavy atom. The highest BCUT2D eigenvalue weighted by Gasteiger charge is 2.20. The molecule has 2 aromatic carbocycles. The summed E-state index contributed by atoms with van der Waals surface area (Å²) in [6.07, 6.45) is 3.01. The van der Waals surface area contributed by atoms with Gasteiger partial charge < -0.3 is 16.0 Å². The van der Waals surface area contributed by atoms with E-state index in [4.69, 9.17) is 5.73 Å². The normalized spacial score (nSPS) is 15.1. The third-order valence-corrected chi connectivity index (χ3v) is 4.38. The Balaban J connectivity index is 0.00000243. The Labute approximate surface area is 160 Å². The quantitative estimate of drug-likeness (QED) is 0.845. The van der Waals surface area contributed by atoms with Crippen LogP contribution in [0, 0.1) is 0 Å². The predicted molar refractivity (Wildman–Crippen MR) is 107 cm³/mol. The molecule has 0 radical (unpaired) electrons. The number of anilines is 2. The minimum Gasteiger partial charge on any atom is -0.325 e. The summed E-state index contributed by atoms with van der Waals surface area (Å²) in [5.74, 6) is -0.0959. The summed E-state index contributed by atoms with van der Waals surface area (Å²) >= 11 is 0. The van der Waals surface area contributed by atoms with Crippen LogP contribution in [-0.2, 0) is 16.0 Å². The van der Waals surface area contributed by atoms with Crippen molar-refractivity contribution in [1.82, 2.24) is 0 Å². The average molecular weight is 374 g/mol. The van der Waals surface area contributed by atoms with Crippen LogP contribution in [0.25, 0.3) is 0 Å². The van der Waals surface area contributed by atoms with E-state index in [1.165, 1.54) is 0 Å². The third kappa shape index (κ3) is 5.07. The zero-order valence-corrected chi connectivity index (χ0v) is 15.4. The molecular formula is C20H24ClN3O2. The van der Waals surface area contributed by atoms with E-state index >= 15 is 0 Å². The van der Waals surface area contributed by atoms with E-state index < -0.39 is 6.04 Å². The largest absolute Gasteiger partial charge is 0.325 e. The van der Waals surface area contributed by atoms with Crippen molar-refractivity contribution < 1.29 is 9.59 Å². The van der Waals surface area contributed by atoms with Crippen molar-refractivity contribution in [2.45, 2.75) is 31.7 Å². The van der Waals surface area contributed by atoms with Crippen LogP contribution >= 0.6 is 12.4 Å². The van der Waals surface area contributed by atoms with Gasteiger partial charge in [-0.05, 0) is 43.0 Å². The Morgan fingerprint density at radius 1 is 1.12 bits per heavy atom. The summed E-state index contributed by atoms with van der Waals surface area (Å²) in [4.78, 5) is 26.2. The zero-order chi connectivity index (χ0) is 17.6. The van der Waals surface area contributed by atoms with Crippen LogP contribution in [-0.4, -0.2) is 24.4 Å². The fourth-order valence-corrected chi connectivity index (χ4v) is 3.03. The lowest BCUT2D eigenvalue weighted by Gasteiger charge is -2.27. The summed E-state index contributed by atoms with van der Waals surface area (Å²) in [6.45, 7) is 0.726. The second-order valence-electron chi connectivity index (χ2n) is 6.34. The third-order valence-electron chi connectivity index (χ3n) is 4.38. The first-order valence-corrected chi connectivity index (χ1v) is 8.64. The topological polar surface area (TPSA) is 75.4 Å². The molecule has 1 heterocycles. The molecule has 2 amide bonds. The number of piperidine rings is 1. The second kappa shape index (κ2) is 9.36. The molecule has 1 aliphatic heterocycles. The molecule has 1 fully saturated rings. The van der Waals surface area contributed by atoms with E-state index in [1.54, 1.807) is 4.90 Å². The molecule has 1 atom stereocenters. The van der Waals surface area contributed by atoms with Crippen molar-refractivity contribution in [3.8, 4) is 0 Å². The predicted octanol–water partition coefficient (Wildman–Crippen LogP) is 3.13. The van der Waals surface area contributed by atoms with E-state index in [0.29, 0.717) is 18.5 Å².